The first kappa shape index (κ1) is 7.16. The number of rotatable bonds is 0. The lowest BCUT2D eigenvalue weighted by molar-refractivity contribution is -0.0929. The number of hydrogen-bond acceptors (Lipinski definition) is 0. The van der Waals surface area contributed by atoms with E-state index in [9.17, 15) is 13.2 Å². The van der Waals surface area contributed by atoms with Gasteiger partial charge in [0.05, 0.1) is 0 Å². The third-order valence-electron chi connectivity index (χ3n) is 1.18. The van der Waals surface area contributed by atoms with Crippen LogP contribution in [0.5, 0.6) is 0 Å². The van der Waals surface area contributed by atoms with Crippen molar-refractivity contribution >= 4 is 0 Å². The van der Waals surface area contributed by atoms with E-state index in [1.807, 2.05) is 0 Å². The highest BCUT2D eigenvalue weighted by molar-refractivity contribution is 5.23. The van der Waals surface area contributed by atoms with E-state index in [-0.39, 0.29) is 6.42 Å². The molecule has 0 spiro atoms. The number of hydrogen-bond donors (Lipinski definition) is 0. The smallest absolute Gasteiger partial charge is 0.166 e. The van der Waals surface area contributed by atoms with Crippen LogP contribution in [0.15, 0.2) is 29.5 Å². The Kier molecular flexibility index (Phi) is 1.68. The van der Waals surface area contributed by atoms with Crippen molar-refractivity contribution in [2.75, 3.05) is 0 Å². The van der Waals surface area contributed by atoms with Gasteiger partial charge in [-0.2, -0.15) is 13.2 Å². The summed E-state index contributed by atoms with van der Waals surface area (Å²) in [5.41, 5.74) is 2.05. The summed E-state index contributed by atoms with van der Waals surface area (Å²) in [6.07, 6.45) is -0.551. The van der Waals surface area contributed by atoms with Crippen LogP contribution < -0.4 is 0 Å². The van der Waals surface area contributed by atoms with Crippen molar-refractivity contribution in [3.8, 4) is 0 Å². The van der Waals surface area contributed by atoms with Gasteiger partial charge < -0.3 is 0 Å². The molecule has 0 aromatic carbocycles. The molecule has 3 heteroatoms. The van der Waals surface area contributed by atoms with Crippen LogP contribution in [0.2, 0.25) is 0 Å². The van der Waals surface area contributed by atoms with Crippen molar-refractivity contribution in [2.24, 2.45) is 0 Å². The molecule has 54 valence electrons. The highest BCUT2D eigenvalue weighted by atomic mass is 19.4. The molecule has 1 aliphatic carbocycles. The molecule has 0 bridgehead atoms. The van der Waals surface area contributed by atoms with Crippen LogP contribution in [0.4, 0.5) is 13.2 Å². The Labute approximate surface area is 56.4 Å². The van der Waals surface area contributed by atoms with E-state index in [2.05, 4.69) is 5.73 Å². The Balaban J connectivity index is 2.79. The van der Waals surface area contributed by atoms with E-state index in [0.717, 1.165) is 6.08 Å². The summed E-state index contributed by atoms with van der Waals surface area (Å²) in [4.78, 5) is 0. The normalized spacial score (nSPS) is 17.3. The molecule has 0 saturated carbocycles. The topological polar surface area (TPSA) is 0 Å². The average molecular weight is 146 g/mol. The van der Waals surface area contributed by atoms with Gasteiger partial charge in [-0.1, -0.05) is 0 Å². The van der Waals surface area contributed by atoms with Gasteiger partial charge in [0, 0.05) is 12.0 Å². The fraction of sp³-hybridized carbons (Fsp3) is 0.286. The maximum absolute atomic E-state index is 11.8. The molecule has 0 unspecified atom stereocenters. The van der Waals surface area contributed by atoms with Crippen LogP contribution in [-0.2, 0) is 0 Å². The summed E-state index contributed by atoms with van der Waals surface area (Å²) < 4.78 is 35.4. The van der Waals surface area contributed by atoms with Gasteiger partial charge in [0.25, 0.3) is 0 Å². The fourth-order valence-corrected chi connectivity index (χ4v) is 0.664. The van der Waals surface area contributed by atoms with Gasteiger partial charge in [-0.3, -0.25) is 0 Å². The number of halogens is 3. The Bertz CT molecular complexity index is 213. The summed E-state index contributed by atoms with van der Waals surface area (Å²) in [7, 11) is 0. The molecule has 0 aromatic rings. The number of alkyl halides is 3. The van der Waals surface area contributed by atoms with E-state index in [4.69, 9.17) is 0 Å². The van der Waals surface area contributed by atoms with E-state index in [0.29, 0.717) is 0 Å². The maximum atomic E-state index is 11.8. The zero-order valence-corrected chi connectivity index (χ0v) is 5.07. The van der Waals surface area contributed by atoms with Crippen molar-refractivity contribution in [3.63, 3.8) is 0 Å². The molecule has 0 radical (unpaired) electrons. The Hall–Kier alpha value is -0.950. The summed E-state index contributed by atoms with van der Waals surface area (Å²) in [6, 6.07) is 0. The van der Waals surface area contributed by atoms with Crippen LogP contribution >= 0.6 is 0 Å². The average Bonchev–Trinajstić information content (AvgIpc) is 1.88. The first-order chi connectivity index (χ1) is 4.61. The van der Waals surface area contributed by atoms with Gasteiger partial charge in [-0.05, 0) is 18.2 Å². The van der Waals surface area contributed by atoms with Crippen LogP contribution in [0.25, 0.3) is 0 Å². The van der Waals surface area contributed by atoms with E-state index in [1.54, 1.807) is 0 Å². The molecular formula is C7H5F3. The summed E-state index contributed by atoms with van der Waals surface area (Å²) in [5, 5.41) is 0. The largest absolute Gasteiger partial charge is 0.413 e. The summed E-state index contributed by atoms with van der Waals surface area (Å²) in [5.74, 6) is 0. The Morgan fingerprint density at radius 3 is 2.40 bits per heavy atom. The first-order valence-corrected chi connectivity index (χ1v) is 2.78. The predicted octanol–water partition coefficient (Wildman–Crippen LogP) is 2.59. The Morgan fingerprint density at radius 2 is 2.10 bits per heavy atom. The van der Waals surface area contributed by atoms with Crippen LogP contribution in [0.1, 0.15) is 6.42 Å². The number of allylic oxidation sites excluding steroid dienone is 3. The molecule has 0 fully saturated rings. The van der Waals surface area contributed by atoms with Gasteiger partial charge >= 0.3 is 6.18 Å². The quantitative estimate of drug-likeness (QED) is 0.461. The predicted molar refractivity (Wildman–Crippen MR) is 31.4 cm³/mol. The lowest BCUT2D eigenvalue weighted by Crippen LogP contribution is -2.11. The van der Waals surface area contributed by atoms with E-state index < -0.39 is 11.7 Å². The SMILES string of the molecule is FC(F)(F)C1=CC=C=CC1. The lowest BCUT2D eigenvalue weighted by atomic mass is 10.1. The van der Waals surface area contributed by atoms with Crippen LogP contribution in [0.3, 0.4) is 0 Å². The standard InChI is InChI=1S/C7H5F3/c8-7(9,10)6-4-2-1-3-5-6/h2-4H,5H2. The second-order valence-electron chi connectivity index (χ2n) is 1.93. The maximum Gasteiger partial charge on any atom is 0.413 e. The first-order valence-electron chi connectivity index (χ1n) is 2.78. The van der Waals surface area contributed by atoms with Crippen LogP contribution in [-0.4, -0.2) is 6.18 Å². The van der Waals surface area contributed by atoms with Gasteiger partial charge in [0.2, 0.25) is 0 Å². The van der Waals surface area contributed by atoms with E-state index >= 15 is 0 Å². The zero-order chi connectivity index (χ0) is 7.61. The molecule has 1 rings (SSSR count). The minimum Gasteiger partial charge on any atom is -0.166 e. The molecular weight excluding hydrogens is 141 g/mol. The monoisotopic (exact) mass is 146 g/mol. The van der Waals surface area contributed by atoms with Gasteiger partial charge in [0.1, 0.15) is 0 Å². The van der Waals surface area contributed by atoms with Gasteiger partial charge in [0.15, 0.2) is 0 Å². The second-order valence-corrected chi connectivity index (χ2v) is 1.93. The van der Waals surface area contributed by atoms with E-state index in [1.165, 1.54) is 12.2 Å². The fourth-order valence-electron chi connectivity index (χ4n) is 0.664. The highest BCUT2D eigenvalue weighted by Crippen LogP contribution is 2.29. The van der Waals surface area contributed by atoms with Crippen molar-refractivity contribution in [2.45, 2.75) is 12.6 Å². The van der Waals surface area contributed by atoms with Gasteiger partial charge in [-0.25, -0.2) is 0 Å². The van der Waals surface area contributed by atoms with Crippen LogP contribution in [0, 0.1) is 0 Å². The summed E-state index contributed by atoms with van der Waals surface area (Å²) >= 11 is 0. The molecule has 0 N–H and O–H groups in total. The molecule has 0 amide bonds. The zero-order valence-electron chi connectivity index (χ0n) is 5.07. The molecule has 0 atom stereocenters. The molecule has 0 aliphatic heterocycles. The van der Waals surface area contributed by atoms with Crippen molar-refractivity contribution in [1.82, 2.24) is 0 Å². The highest BCUT2D eigenvalue weighted by Gasteiger charge is 2.32. The lowest BCUT2D eigenvalue weighted by Gasteiger charge is -2.08. The molecule has 0 heterocycles. The molecule has 1 aliphatic rings. The van der Waals surface area contributed by atoms with Crippen molar-refractivity contribution < 1.29 is 13.2 Å². The minimum atomic E-state index is -4.17. The molecule has 0 nitrogen and oxygen atoms in total. The third kappa shape index (κ3) is 1.52. The second kappa shape index (κ2) is 2.35. The Morgan fingerprint density at radius 1 is 1.40 bits per heavy atom. The molecule has 0 saturated heterocycles. The minimum absolute atomic E-state index is 0.0556. The van der Waals surface area contributed by atoms with Gasteiger partial charge in [-0.15, -0.1) is 5.73 Å². The summed E-state index contributed by atoms with van der Waals surface area (Å²) in [6.45, 7) is 0. The van der Waals surface area contributed by atoms with Crippen molar-refractivity contribution in [1.29, 1.82) is 0 Å². The van der Waals surface area contributed by atoms with Crippen molar-refractivity contribution in [3.05, 3.63) is 29.5 Å². The molecule has 0 aromatic heterocycles. The molecule has 10 heavy (non-hydrogen) atoms. The third-order valence-corrected chi connectivity index (χ3v) is 1.18.